The number of fused-ring (bicyclic) bond motifs is 1. The highest BCUT2D eigenvalue weighted by Crippen LogP contribution is 2.48. The molecule has 4 aromatic rings. The third kappa shape index (κ3) is 3.48. The summed E-state index contributed by atoms with van der Waals surface area (Å²) in [6.45, 7) is 0. The quantitative estimate of drug-likeness (QED) is 0.486. The summed E-state index contributed by atoms with van der Waals surface area (Å²) >= 11 is 0. The Hall–Kier alpha value is -4.56. The molecular weight excluding hydrogens is 419 g/mol. The van der Waals surface area contributed by atoms with Gasteiger partial charge in [0.25, 0.3) is 5.91 Å². The average molecular weight is 436 g/mol. The normalized spacial score (nSPS) is 14.2. The van der Waals surface area contributed by atoms with Crippen molar-refractivity contribution in [2.75, 3.05) is 5.32 Å². The van der Waals surface area contributed by atoms with Gasteiger partial charge in [-0.25, -0.2) is 14.4 Å². The minimum absolute atomic E-state index is 0.0607. The van der Waals surface area contributed by atoms with Gasteiger partial charge in [-0.05, 0) is 54.8 Å². The summed E-state index contributed by atoms with van der Waals surface area (Å²) in [6, 6.07) is 16.7. The number of aromatic amines is 1. The van der Waals surface area contributed by atoms with Gasteiger partial charge in [-0.2, -0.15) is 10.5 Å². The first-order valence-corrected chi connectivity index (χ1v) is 10.4. The Morgan fingerprint density at radius 3 is 2.61 bits per heavy atom. The molecule has 160 valence electrons. The molecular formula is C25H17FN6O. The number of hydrogen-bond donors (Lipinski definition) is 2. The van der Waals surface area contributed by atoms with Crippen LogP contribution in [0.5, 0.6) is 0 Å². The van der Waals surface area contributed by atoms with Crippen LogP contribution in [0.4, 0.5) is 10.1 Å². The van der Waals surface area contributed by atoms with Crippen molar-refractivity contribution in [1.29, 1.82) is 10.5 Å². The molecule has 0 atom stereocenters. The first-order valence-electron chi connectivity index (χ1n) is 10.4. The number of nitriles is 2. The second kappa shape index (κ2) is 7.85. The topological polar surface area (TPSA) is 118 Å². The van der Waals surface area contributed by atoms with Crippen molar-refractivity contribution in [3.63, 3.8) is 0 Å². The van der Waals surface area contributed by atoms with E-state index in [1.54, 1.807) is 36.4 Å². The van der Waals surface area contributed by atoms with Crippen molar-refractivity contribution in [1.82, 2.24) is 15.0 Å². The molecule has 1 fully saturated rings. The summed E-state index contributed by atoms with van der Waals surface area (Å²) in [4.78, 5) is 24.7. The minimum atomic E-state index is -0.551. The zero-order valence-corrected chi connectivity index (χ0v) is 17.4. The summed E-state index contributed by atoms with van der Waals surface area (Å²) in [5, 5.41) is 20.7. The van der Waals surface area contributed by atoms with Crippen molar-refractivity contribution in [3.05, 3.63) is 88.6 Å². The number of hydrogen-bond acceptors (Lipinski definition) is 5. The van der Waals surface area contributed by atoms with E-state index in [9.17, 15) is 4.79 Å². The third-order valence-corrected chi connectivity index (χ3v) is 6.15. The standard InChI is InChI=1S/C25H17FN6O/c26-19-11-18(5-6-20(19)30-23(33)17-4-1-3-15(9-17)12-27)25(7-2-8-25)24-31-21-10-16(13-28)14-29-22(21)32-24/h1,3-6,9-11,14H,2,7-8H2,(H,30,33)(H,29,31,32). The van der Waals surface area contributed by atoms with Crippen LogP contribution in [0.2, 0.25) is 0 Å². The van der Waals surface area contributed by atoms with E-state index >= 15 is 4.39 Å². The molecule has 8 heteroatoms. The summed E-state index contributed by atoms with van der Waals surface area (Å²) in [5.41, 5.74) is 2.58. The second-order valence-electron chi connectivity index (χ2n) is 8.07. The van der Waals surface area contributed by atoms with Crippen LogP contribution in [0.3, 0.4) is 0 Å². The zero-order chi connectivity index (χ0) is 23.0. The Balaban J connectivity index is 1.45. The molecule has 1 aliphatic carbocycles. The first-order chi connectivity index (χ1) is 16.0. The fourth-order valence-electron chi connectivity index (χ4n) is 4.21. The highest BCUT2D eigenvalue weighted by Gasteiger charge is 2.43. The number of anilines is 1. The third-order valence-electron chi connectivity index (χ3n) is 6.15. The molecule has 1 aliphatic rings. The molecule has 1 amide bonds. The van der Waals surface area contributed by atoms with Crippen molar-refractivity contribution in [3.8, 4) is 12.1 Å². The van der Waals surface area contributed by atoms with Gasteiger partial charge in [0.15, 0.2) is 5.65 Å². The molecule has 0 radical (unpaired) electrons. The molecule has 0 spiro atoms. The number of nitrogens with zero attached hydrogens (tertiary/aromatic N) is 4. The van der Waals surface area contributed by atoms with Crippen LogP contribution >= 0.6 is 0 Å². The first kappa shape index (κ1) is 20.3. The predicted molar refractivity (Wildman–Crippen MR) is 119 cm³/mol. The lowest BCUT2D eigenvalue weighted by atomic mass is 9.64. The van der Waals surface area contributed by atoms with Gasteiger partial charge < -0.3 is 10.3 Å². The van der Waals surface area contributed by atoms with Gasteiger partial charge in [-0.1, -0.05) is 18.6 Å². The highest BCUT2D eigenvalue weighted by atomic mass is 19.1. The maximum absolute atomic E-state index is 15.0. The fourth-order valence-corrected chi connectivity index (χ4v) is 4.21. The zero-order valence-electron chi connectivity index (χ0n) is 17.4. The summed E-state index contributed by atoms with van der Waals surface area (Å²) < 4.78 is 15.0. The van der Waals surface area contributed by atoms with Crippen LogP contribution in [0.15, 0.2) is 54.7 Å². The van der Waals surface area contributed by atoms with Gasteiger partial charge in [-0.15, -0.1) is 0 Å². The van der Waals surface area contributed by atoms with E-state index in [0.29, 0.717) is 28.1 Å². The van der Waals surface area contributed by atoms with Crippen molar-refractivity contribution in [2.45, 2.75) is 24.7 Å². The predicted octanol–water partition coefficient (Wildman–Crippen LogP) is 4.56. The Morgan fingerprint density at radius 1 is 1.09 bits per heavy atom. The SMILES string of the molecule is N#Cc1cccc(C(=O)Nc2ccc(C3(c4nc5cc(C#N)cnc5[nH]4)CCC3)cc2F)c1. The number of amides is 1. The van der Waals surface area contributed by atoms with Gasteiger partial charge in [0.1, 0.15) is 23.2 Å². The number of aromatic nitrogens is 3. The molecule has 0 saturated heterocycles. The molecule has 33 heavy (non-hydrogen) atoms. The lowest BCUT2D eigenvalue weighted by molar-refractivity contribution is 0.102. The van der Waals surface area contributed by atoms with E-state index in [0.717, 1.165) is 24.8 Å². The molecule has 0 aliphatic heterocycles. The second-order valence-corrected chi connectivity index (χ2v) is 8.07. The van der Waals surface area contributed by atoms with Gasteiger partial charge >= 0.3 is 0 Å². The number of carbonyl (C=O) groups excluding carboxylic acids is 1. The van der Waals surface area contributed by atoms with E-state index < -0.39 is 17.1 Å². The summed E-state index contributed by atoms with van der Waals surface area (Å²) in [7, 11) is 0. The number of pyridine rings is 1. The smallest absolute Gasteiger partial charge is 0.255 e. The van der Waals surface area contributed by atoms with Crippen LogP contribution < -0.4 is 5.32 Å². The highest BCUT2D eigenvalue weighted by molar-refractivity contribution is 6.04. The van der Waals surface area contributed by atoms with E-state index in [2.05, 4.69) is 26.3 Å². The van der Waals surface area contributed by atoms with E-state index in [1.807, 2.05) is 6.07 Å². The Labute approximate surface area is 188 Å². The Kier molecular flexibility index (Phi) is 4.84. The Morgan fingerprint density at radius 2 is 1.91 bits per heavy atom. The molecule has 7 nitrogen and oxygen atoms in total. The van der Waals surface area contributed by atoms with Crippen LogP contribution in [-0.4, -0.2) is 20.9 Å². The average Bonchev–Trinajstić information content (AvgIpc) is 3.23. The van der Waals surface area contributed by atoms with E-state index in [4.69, 9.17) is 10.5 Å². The van der Waals surface area contributed by atoms with E-state index in [-0.39, 0.29) is 11.3 Å². The molecule has 0 bridgehead atoms. The monoisotopic (exact) mass is 436 g/mol. The number of halogens is 1. The molecule has 5 rings (SSSR count). The molecule has 2 heterocycles. The number of benzene rings is 2. The lowest BCUT2D eigenvalue weighted by Gasteiger charge is -2.40. The van der Waals surface area contributed by atoms with Crippen LogP contribution in [0, 0.1) is 28.5 Å². The number of nitrogens with one attached hydrogen (secondary N) is 2. The van der Waals surface area contributed by atoms with Crippen molar-refractivity contribution in [2.24, 2.45) is 0 Å². The maximum Gasteiger partial charge on any atom is 0.255 e. The molecule has 1 saturated carbocycles. The number of rotatable bonds is 4. The van der Waals surface area contributed by atoms with Crippen LogP contribution in [-0.2, 0) is 5.41 Å². The molecule has 2 N–H and O–H groups in total. The molecule has 0 unspecified atom stereocenters. The summed E-state index contributed by atoms with van der Waals surface area (Å²) in [5.74, 6) is -0.353. The van der Waals surface area contributed by atoms with Gasteiger partial charge in [0, 0.05) is 11.8 Å². The number of H-pyrrole nitrogens is 1. The molecule has 2 aromatic heterocycles. The van der Waals surface area contributed by atoms with Crippen LogP contribution in [0.1, 0.15) is 52.1 Å². The van der Waals surface area contributed by atoms with Crippen molar-refractivity contribution < 1.29 is 9.18 Å². The largest absolute Gasteiger partial charge is 0.326 e. The van der Waals surface area contributed by atoms with Gasteiger partial charge in [0.05, 0.1) is 28.3 Å². The molecule has 2 aromatic carbocycles. The lowest BCUT2D eigenvalue weighted by Crippen LogP contribution is -2.36. The van der Waals surface area contributed by atoms with Gasteiger partial charge in [0.2, 0.25) is 0 Å². The van der Waals surface area contributed by atoms with Gasteiger partial charge in [-0.3, -0.25) is 4.79 Å². The minimum Gasteiger partial charge on any atom is -0.326 e. The number of carbonyl (C=O) groups is 1. The van der Waals surface area contributed by atoms with E-state index in [1.165, 1.54) is 18.3 Å². The fraction of sp³-hybridized carbons (Fsp3) is 0.160. The van der Waals surface area contributed by atoms with Crippen LogP contribution in [0.25, 0.3) is 11.2 Å². The summed E-state index contributed by atoms with van der Waals surface area (Å²) in [6.07, 6.45) is 4.05. The van der Waals surface area contributed by atoms with Crippen molar-refractivity contribution >= 4 is 22.8 Å². The maximum atomic E-state index is 15.0. The number of imidazole rings is 1. The Bertz CT molecular complexity index is 1490.